The first-order valence-corrected chi connectivity index (χ1v) is 7.91. The van der Waals surface area contributed by atoms with Gasteiger partial charge in [0.25, 0.3) is 0 Å². The Hall–Kier alpha value is -1.55. The summed E-state index contributed by atoms with van der Waals surface area (Å²) in [6.07, 6.45) is 1.18. The topological polar surface area (TPSA) is 38.5 Å². The van der Waals surface area contributed by atoms with Crippen LogP contribution in [0, 0.1) is 5.41 Å². The normalized spacial score (nSPS) is 21.0. The van der Waals surface area contributed by atoms with E-state index in [0.29, 0.717) is 0 Å². The Morgan fingerprint density at radius 2 is 1.83 bits per heavy atom. The van der Waals surface area contributed by atoms with E-state index >= 15 is 0 Å². The summed E-state index contributed by atoms with van der Waals surface area (Å²) in [6, 6.07) is 18.3. The third-order valence-electron chi connectivity index (χ3n) is 4.41. The highest BCUT2D eigenvalue weighted by Crippen LogP contribution is 2.30. The fourth-order valence-corrected chi connectivity index (χ4v) is 3.02. The Morgan fingerprint density at radius 3 is 2.52 bits per heavy atom. The number of ether oxygens (including phenoxy) is 1. The summed E-state index contributed by atoms with van der Waals surface area (Å²) in [7, 11) is 0. The molecule has 1 saturated heterocycles. The third-order valence-corrected chi connectivity index (χ3v) is 4.41. The van der Waals surface area contributed by atoms with Crippen LogP contribution in [0.25, 0.3) is 0 Å². The molecule has 1 fully saturated rings. The number of rotatable bonds is 5. The van der Waals surface area contributed by atoms with Gasteiger partial charge in [-0.3, -0.25) is 4.90 Å². The fourth-order valence-electron chi connectivity index (χ4n) is 3.02. The molecule has 4 heteroatoms. The molecule has 0 spiro atoms. The number of likely N-dealkylation sites (tertiary alicyclic amines) is 1. The molecule has 2 aromatic rings. The first kappa shape index (κ1) is 17.8. The second-order valence-corrected chi connectivity index (χ2v) is 6.54. The van der Waals surface area contributed by atoms with Crippen molar-refractivity contribution in [2.24, 2.45) is 11.1 Å². The van der Waals surface area contributed by atoms with E-state index in [-0.39, 0.29) is 17.8 Å². The van der Waals surface area contributed by atoms with E-state index < -0.39 is 0 Å². The molecule has 3 rings (SSSR count). The Kier molecular flexibility index (Phi) is 6.05. The summed E-state index contributed by atoms with van der Waals surface area (Å²) >= 11 is 0. The quantitative estimate of drug-likeness (QED) is 0.897. The van der Waals surface area contributed by atoms with Crippen LogP contribution in [0.3, 0.4) is 0 Å². The first-order chi connectivity index (χ1) is 10.7. The molecule has 2 aromatic carbocycles. The van der Waals surface area contributed by atoms with Crippen molar-refractivity contribution in [3.8, 4) is 11.5 Å². The number of halogens is 1. The molecule has 1 aliphatic rings. The van der Waals surface area contributed by atoms with E-state index in [9.17, 15) is 0 Å². The highest BCUT2D eigenvalue weighted by molar-refractivity contribution is 5.85. The highest BCUT2D eigenvalue weighted by Gasteiger charge is 2.32. The molecule has 0 saturated carbocycles. The standard InChI is InChI=1S/C19H24N2O.ClH/c1-19(14-20)10-11-21(15-19)13-16-6-5-9-18(12-16)22-17-7-3-2-4-8-17;/h2-9,12H,10-11,13-15,20H2,1H3;1H. The van der Waals surface area contributed by atoms with E-state index in [1.807, 2.05) is 36.4 Å². The number of nitrogens with two attached hydrogens (primary N) is 1. The molecule has 124 valence electrons. The van der Waals surface area contributed by atoms with Crippen LogP contribution in [-0.2, 0) is 6.54 Å². The van der Waals surface area contributed by atoms with Gasteiger partial charge >= 0.3 is 0 Å². The van der Waals surface area contributed by atoms with Gasteiger partial charge in [0.2, 0.25) is 0 Å². The summed E-state index contributed by atoms with van der Waals surface area (Å²) in [4.78, 5) is 2.48. The van der Waals surface area contributed by atoms with Crippen LogP contribution < -0.4 is 10.5 Å². The zero-order valence-corrected chi connectivity index (χ0v) is 14.4. The van der Waals surface area contributed by atoms with Crippen molar-refractivity contribution >= 4 is 12.4 Å². The van der Waals surface area contributed by atoms with Crippen LogP contribution in [0.2, 0.25) is 0 Å². The second-order valence-electron chi connectivity index (χ2n) is 6.54. The molecule has 1 unspecified atom stereocenters. The molecule has 0 radical (unpaired) electrons. The van der Waals surface area contributed by atoms with Gasteiger partial charge in [-0.2, -0.15) is 0 Å². The molecule has 2 N–H and O–H groups in total. The lowest BCUT2D eigenvalue weighted by Crippen LogP contribution is -2.31. The van der Waals surface area contributed by atoms with Crippen molar-refractivity contribution < 1.29 is 4.74 Å². The Morgan fingerprint density at radius 1 is 1.09 bits per heavy atom. The predicted molar refractivity (Wildman–Crippen MR) is 97.3 cm³/mol. The smallest absolute Gasteiger partial charge is 0.127 e. The van der Waals surface area contributed by atoms with Crippen LogP contribution in [-0.4, -0.2) is 24.5 Å². The van der Waals surface area contributed by atoms with Gasteiger partial charge in [-0.1, -0.05) is 37.3 Å². The minimum Gasteiger partial charge on any atom is -0.457 e. The minimum atomic E-state index is 0. The summed E-state index contributed by atoms with van der Waals surface area (Å²) < 4.78 is 5.91. The van der Waals surface area contributed by atoms with Gasteiger partial charge in [-0.15, -0.1) is 12.4 Å². The fraction of sp³-hybridized carbons (Fsp3) is 0.368. The van der Waals surface area contributed by atoms with E-state index in [4.69, 9.17) is 10.5 Å². The number of benzene rings is 2. The number of para-hydroxylation sites is 1. The predicted octanol–water partition coefficient (Wildman–Crippen LogP) is 4.07. The lowest BCUT2D eigenvalue weighted by Gasteiger charge is -2.22. The third kappa shape index (κ3) is 4.71. The van der Waals surface area contributed by atoms with Crippen molar-refractivity contribution in [2.45, 2.75) is 19.9 Å². The van der Waals surface area contributed by atoms with Crippen LogP contribution in [0.4, 0.5) is 0 Å². The van der Waals surface area contributed by atoms with Gasteiger partial charge in [-0.25, -0.2) is 0 Å². The lowest BCUT2D eigenvalue weighted by molar-refractivity contribution is 0.274. The van der Waals surface area contributed by atoms with Crippen molar-refractivity contribution in [3.63, 3.8) is 0 Å². The van der Waals surface area contributed by atoms with Crippen LogP contribution in [0.15, 0.2) is 54.6 Å². The summed E-state index contributed by atoms with van der Waals surface area (Å²) in [5, 5.41) is 0. The molecular weight excluding hydrogens is 308 g/mol. The molecule has 3 nitrogen and oxygen atoms in total. The van der Waals surface area contributed by atoms with Crippen LogP contribution >= 0.6 is 12.4 Å². The van der Waals surface area contributed by atoms with Crippen molar-refractivity contribution in [1.82, 2.24) is 4.90 Å². The first-order valence-electron chi connectivity index (χ1n) is 7.91. The molecule has 1 aliphatic heterocycles. The summed E-state index contributed by atoms with van der Waals surface area (Å²) in [5.74, 6) is 1.76. The van der Waals surface area contributed by atoms with Gasteiger partial charge in [0.05, 0.1) is 0 Å². The van der Waals surface area contributed by atoms with E-state index in [1.54, 1.807) is 0 Å². The average Bonchev–Trinajstić information content (AvgIpc) is 2.91. The van der Waals surface area contributed by atoms with Crippen molar-refractivity contribution in [2.75, 3.05) is 19.6 Å². The maximum absolute atomic E-state index is 5.91. The van der Waals surface area contributed by atoms with Gasteiger partial charge < -0.3 is 10.5 Å². The van der Waals surface area contributed by atoms with Gasteiger partial charge in [-0.05, 0) is 54.8 Å². The van der Waals surface area contributed by atoms with Gasteiger partial charge in [0, 0.05) is 13.1 Å². The molecule has 0 amide bonds. The molecule has 23 heavy (non-hydrogen) atoms. The number of nitrogens with zero attached hydrogens (tertiary/aromatic N) is 1. The second kappa shape index (κ2) is 7.82. The van der Waals surface area contributed by atoms with Gasteiger partial charge in [0.1, 0.15) is 11.5 Å². The lowest BCUT2D eigenvalue weighted by atomic mass is 9.90. The SMILES string of the molecule is CC1(CN)CCN(Cc2cccc(Oc3ccccc3)c2)C1.Cl. The van der Waals surface area contributed by atoms with E-state index in [1.165, 1.54) is 12.0 Å². The maximum atomic E-state index is 5.91. The molecule has 0 bridgehead atoms. The largest absolute Gasteiger partial charge is 0.457 e. The van der Waals surface area contributed by atoms with Gasteiger partial charge in [0.15, 0.2) is 0 Å². The van der Waals surface area contributed by atoms with Crippen LogP contribution in [0.1, 0.15) is 18.9 Å². The summed E-state index contributed by atoms with van der Waals surface area (Å²) in [6.45, 7) is 6.20. The van der Waals surface area contributed by atoms with E-state index in [0.717, 1.165) is 37.7 Å². The highest BCUT2D eigenvalue weighted by atomic mass is 35.5. The number of hydrogen-bond donors (Lipinski definition) is 1. The zero-order valence-electron chi connectivity index (χ0n) is 13.6. The monoisotopic (exact) mass is 332 g/mol. The Bertz CT molecular complexity index is 620. The summed E-state index contributed by atoms with van der Waals surface area (Å²) in [5.41, 5.74) is 7.45. The average molecular weight is 333 g/mol. The van der Waals surface area contributed by atoms with Crippen molar-refractivity contribution in [3.05, 3.63) is 60.2 Å². The Labute approximate surface area is 144 Å². The minimum absolute atomic E-state index is 0. The molecule has 1 heterocycles. The molecule has 0 aromatic heterocycles. The van der Waals surface area contributed by atoms with Crippen LogP contribution in [0.5, 0.6) is 11.5 Å². The van der Waals surface area contributed by atoms with E-state index in [2.05, 4.69) is 30.0 Å². The molecule has 1 atom stereocenters. The van der Waals surface area contributed by atoms with Crippen molar-refractivity contribution in [1.29, 1.82) is 0 Å². The zero-order chi connectivity index (χ0) is 15.4. The molecular formula is C19H25ClN2O. The molecule has 0 aliphatic carbocycles. The number of hydrogen-bond acceptors (Lipinski definition) is 3. The maximum Gasteiger partial charge on any atom is 0.127 e. The Balaban J connectivity index is 0.00000192.